The van der Waals surface area contributed by atoms with E-state index in [0.717, 1.165) is 19.4 Å². The Labute approximate surface area is 139 Å². The zero-order valence-corrected chi connectivity index (χ0v) is 14.5. The maximum Gasteiger partial charge on any atom is 0.419 e. The van der Waals surface area contributed by atoms with Crippen LogP contribution in [0.3, 0.4) is 0 Å². The first kappa shape index (κ1) is 17.2. The highest BCUT2D eigenvalue weighted by molar-refractivity contribution is 7.89. The molecule has 1 fully saturated rings. The second kappa shape index (κ2) is 6.32. The molecule has 1 aliphatic heterocycles. The summed E-state index contributed by atoms with van der Waals surface area (Å²) in [6.45, 7) is 1.51. The van der Waals surface area contributed by atoms with Crippen LogP contribution in [0.1, 0.15) is 12.8 Å². The largest absolute Gasteiger partial charge is 0.419 e. The summed E-state index contributed by atoms with van der Waals surface area (Å²) in [7, 11) is -0.547. The molecule has 8 nitrogen and oxygen atoms in total. The summed E-state index contributed by atoms with van der Waals surface area (Å²) in [5, 5.41) is 3.32. The molecule has 1 aromatic heterocycles. The lowest BCUT2D eigenvalue weighted by Crippen LogP contribution is -2.52. The third-order valence-electron chi connectivity index (χ3n) is 4.43. The van der Waals surface area contributed by atoms with Crippen molar-refractivity contribution in [2.24, 2.45) is 7.05 Å². The zero-order chi connectivity index (χ0) is 17.4. The molecule has 0 amide bonds. The number of hydrogen-bond donors (Lipinski definition) is 2. The summed E-state index contributed by atoms with van der Waals surface area (Å²) in [5.74, 6) is -0.526. The Morgan fingerprint density at radius 3 is 2.92 bits per heavy atom. The van der Waals surface area contributed by atoms with Gasteiger partial charge in [-0.1, -0.05) is 0 Å². The number of sulfonamides is 1. The molecule has 2 heterocycles. The number of hydrogen-bond acceptors (Lipinski definition) is 6. The highest BCUT2D eigenvalue weighted by atomic mass is 32.2. The number of nitrogens with one attached hydrogen (secondary N) is 2. The lowest BCUT2D eigenvalue weighted by molar-refractivity contribution is 0.122. The summed E-state index contributed by atoms with van der Waals surface area (Å²) >= 11 is 0. The first-order valence-electron chi connectivity index (χ1n) is 7.70. The molecule has 24 heavy (non-hydrogen) atoms. The maximum absolute atomic E-state index is 12.6. The number of rotatable bonds is 6. The average molecular weight is 355 g/mol. The smallest absolute Gasteiger partial charge is 0.408 e. The van der Waals surface area contributed by atoms with Crippen LogP contribution in [0.4, 0.5) is 0 Å². The van der Waals surface area contributed by atoms with E-state index in [4.69, 9.17) is 9.15 Å². The van der Waals surface area contributed by atoms with Gasteiger partial charge in [0.2, 0.25) is 10.0 Å². The third-order valence-corrected chi connectivity index (χ3v) is 5.83. The summed E-state index contributed by atoms with van der Waals surface area (Å²) in [6.07, 6.45) is 1.82. The second-order valence-electron chi connectivity index (χ2n) is 6.12. The van der Waals surface area contributed by atoms with E-state index < -0.39 is 15.8 Å². The standard InChI is InChI=1S/C15H21N3O5S/c1-18-12-5-4-11(8-13(12)23-14(18)19)24(20,21)17-9-15(10-22-2)6-3-7-16-15/h4-5,8,16-17H,3,6-7,9-10H2,1-2H3. The normalized spacial score (nSPS) is 21.6. The number of oxazole rings is 1. The van der Waals surface area contributed by atoms with Crippen molar-refractivity contribution < 1.29 is 17.6 Å². The van der Waals surface area contributed by atoms with Gasteiger partial charge >= 0.3 is 5.76 Å². The molecule has 0 bridgehead atoms. The fraction of sp³-hybridized carbons (Fsp3) is 0.533. The van der Waals surface area contributed by atoms with Crippen molar-refractivity contribution >= 4 is 21.1 Å². The van der Waals surface area contributed by atoms with Crippen LogP contribution >= 0.6 is 0 Å². The van der Waals surface area contributed by atoms with Gasteiger partial charge < -0.3 is 14.5 Å². The minimum absolute atomic E-state index is 0.0647. The molecule has 1 aliphatic rings. The lowest BCUT2D eigenvalue weighted by Gasteiger charge is -2.28. The zero-order valence-electron chi connectivity index (χ0n) is 13.7. The van der Waals surface area contributed by atoms with Gasteiger partial charge in [0.25, 0.3) is 0 Å². The molecular weight excluding hydrogens is 334 g/mol. The fourth-order valence-electron chi connectivity index (χ4n) is 3.07. The van der Waals surface area contributed by atoms with Crippen LogP contribution in [0.15, 0.2) is 32.3 Å². The number of methoxy groups -OCH3 is 1. The van der Waals surface area contributed by atoms with Gasteiger partial charge in [0.1, 0.15) is 0 Å². The third kappa shape index (κ3) is 3.12. The quantitative estimate of drug-likeness (QED) is 0.766. The van der Waals surface area contributed by atoms with Crippen molar-refractivity contribution in [3.63, 3.8) is 0 Å². The number of benzene rings is 1. The van der Waals surface area contributed by atoms with Crippen LogP contribution < -0.4 is 15.8 Å². The first-order chi connectivity index (χ1) is 11.4. The number of aromatic nitrogens is 1. The Bertz CT molecular complexity index is 893. The molecule has 2 N–H and O–H groups in total. The molecule has 0 saturated carbocycles. The van der Waals surface area contributed by atoms with Gasteiger partial charge in [0, 0.05) is 26.8 Å². The number of aryl methyl sites for hydroxylation is 1. The molecular formula is C15H21N3O5S. The monoisotopic (exact) mass is 355 g/mol. The molecule has 2 aromatic rings. The van der Waals surface area contributed by atoms with Crippen molar-refractivity contribution in [2.45, 2.75) is 23.3 Å². The summed E-state index contributed by atoms with van der Waals surface area (Å²) in [6, 6.07) is 4.39. The van der Waals surface area contributed by atoms with Gasteiger partial charge in [0.05, 0.1) is 22.6 Å². The fourth-order valence-corrected chi connectivity index (χ4v) is 4.21. The van der Waals surface area contributed by atoms with Gasteiger partial charge in [-0.25, -0.2) is 17.9 Å². The number of ether oxygens (including phenoxy) is 1. The van der Waals surface area contributed by atoms with Crippen molar-refractivity contribution in [3.05, 3.63) is 28.7 Å². The molecule has 0 radical (unpaired) electrons. The van der Waals surface area contributed by atoms with Crippen LogP contribution in [0.5, 0.6) is 0 Å². The second-order valence-corrected chi connectivity index (χ2v) is 7.89. The Balaban J connectivity index is 1.83. The van der Waals surface area contributed by atoms with E-state index in [1.807, 2.05) is 0 Å². The van der Waals surface area contributed by atoms with Gasteiger partial charge in [-0.3, -0.25) is 4.57 Å². The van der Waals surface area contributed by atoms with E-state index in [1.54, 1.807) is 20.2 Å². The summed E-state index contributed by atoms with van der Waals surface area (Å²) in [4.78, 5) is 11.6. The van der Waals surface area contributed by atoms with E-state index in [0.29, 0.717) is 12.1 Å². The van der Waals surface area contributed by atoms with Crippen LogP contribution in [0, 0.1) is 0 Å². The molecule has 132 valence electrons. The van der Waals surface area contributed by atoms with Crippen LogP contribution in [0.2, 0.25) is 0 Å². The van der Waals surface area contributed by atoms with Crippen molar-refractivity contribution in [1.29, 1.82) is 0 Å². The average Bonchev–Trinajstić information content (AvgIpc) is 3.12. The Morgan fingerprint density at radius 1 is 1.46 bits per heavy atom. The molecule has 1 unspecified atom stereocenters. The van der Waals surface area contributed by atoms with E-state index in [9.17, 15) is 13.2 Å². The minimum Gasteiger partial charge on any atom is -0.408 e. The maximum atomic E-state index is 12.6. The first-order valence-corrected chi connectivity index (χ1v) is 9.18. The highest BCUT2D eigenvalue weighted by Crippen LogP contribution is 2.21. The molecule has 0 spiro atoms. The van der Waals surface area contributed by atoms with E-state index in [-0.39, 0.29) is 22.6 Å². The molecule has 9 heteroatoms. The highest BCUT2D eigenvalue weighted by Gasteiger charge is 2.34. The van der Waals surface area contributed by atoms with Crippen molar-refractivity contribution in [1.82, 2.24) is 14.6 Å². The summed E-state index contributed by atoms with van der Waals surface area (Å²) < 4.78 is 39.4. The van der Waals surface area contributed by atoms with E-state index in [2.05, 4.69) is 10.0 Å². The van der Waals surface area contributed by atoms with Crippen molar-refractivity contribution in [2.75, 3.05) is 26.8 Å². The van der Waals surface area contributed by atoms with E-state index in [1.165, 1.54) is 16.7 Å². The molecule has 1 atom stereocenters. The van der Waals surface area contributed by atoms with Crippen LogP contribution in [-0.2, 0) is 21.8 Å². The van der Waals surface area contributed by atoms with Gasteiger partial charge in [-0.15, -0.1) is 0 Å². The Kier molecular flexibility index (Phi) is 4.52. The van der Waals surface area contributed by atoms with Crippen LogP contribution in [0.25, 0.3) is 11.1 Å². The minimum atomic E-state index is -3.72. The summed E-state index contributed by atoms with van der Waals surface area (Å²) in [5.41, 5.74) is 0.411. The SMILES string of the molecule is COCC1(CNS(=O)(=O)c2ccc3c(c2)oc(=O)n3C)CCCN1. The molecule has 0 aliphatic carbocycles. The molecule has 3 rings (SSSR count). The molecule has 1 aromatic carbocycles. The van der Waals surface area contributed by atoms with Gasteiger partial charge in [-0.05, 0) is 31.5 Å². The van der Waals surface area contributed by atoms with Crippen LogP contribution in [-0.4, -0.2) is 45.3 Å². The molecule has 1 saturated heterocycles. The Hall–Kier alpha value is -1.68. The van der Waals surface area contributed by atoms with Gasteiger partial charge in [-0.2, -0.15) is 0 Å². The predicted octanol–water partition coefficient (Wildman–Crippen LogP) is 0.178. The predicted molar refractivity (Wildman–Crippen MR) is 88.5 cm³/mol. The number of nitrogens with zero attached hydrogens (tertiary/aromatic N) is 1. The topological polar surface area (TPSA) is 103 Å². The number of fused-ring (bicyclic) bond motifs is 1. The van der Waals surface area contributed by atoms with E-state index >= 15 is 0 Å². The van der Waals surface area contributed by atoms with Gasteiger partial charge in [0.15, 0.2) is 5.58 Å². The lowest BCUT2D eigenvalue weighted by atomic mass is 9.99. The van der Waals surface area contributed by atoms with Crippen molar-refractivity contribution in [3.8, 4) is 0 Å². The Morgan fingerprint density at radius 2 is 2.25 bits per heavy atom.